The van der Waals surface area contributed by atoms with Gasteiger partial charge in [0, 0.05) is 43.2 Å². The SMILES string of the molecule is C[C@H]1CCC[C@H](C)N1C(=O)CN1CCN(C(=O)C2CC2)CC1(C)C. The van der Waals surface area contributed by atoms with Crippen LogP contribution in [0, 0.1) is 5.92 Å². The normalized spacial score (nSPS) is 31.2. The van der Waals surface area contributed by atoms with Crippen LogP contribution in [0.1, 0.15) is 59.8 Å². The third-order valence-corrected chi connectivity index (χ3v) is 6.12. The standard InChI is InChI=1S/C19H33N3O2/c1-14-6-5-7-15(2)22(14)17(23)12-21-11-10-20(13-19(21,3)4)18(24)16-8-9-16/h14-16H,5-13H2,1-4H3/t14-,15-/m0/s1. The van der Waals surface area contributed by atoms with Gasteiger partial charge in [-0.2, -0.15) is 0 Å². The fourth-order valence-electron chi connectivity index (χ4n) is 4.42. The topological polar surface area (TPSA) is 43.9 Å². The Kier molecular flexibility index (Phi) is 4.92. The predicted octanol–water partition coefficient (Wildman–Crippen LogP) is 2.11. The highest BCUT2D eigenvalue weighted by atomic mass is 16.2. The van der Waals surface area contributed by atoms with Crippen LogP contribution >= 0.6 is 0 Å². The Bertz CT molecular complexity index is 491. The number of nitrogens with zero attached hydrogens (tertiary/aromatic N) is 3. The van der Waals surface area contributed by atoms with Crippen molar-refractivity contribution in [3.63, 3.8) is 0 Å². The number of hydrogen-bond acceptors (Lipinski definition) is 3. The summed E-state index contributed by atoms with van der Waals surface area (Å²) < 4.78 is 0. The molecule has 0 unspecified atom stereocenters. The molecule has 5 heteroatoms. The Morgan fingerprint density at radius 1 is 1.00 bits per heavy atom. The van der Waals surface area contributed by atoms with Gasteiger partial charge in [0.25, 0.3) is 0 Å². The highest BCUT2D eigenvalue weighted by Crippen LogP contribution is 2.33. The van der Waals surface area contributed by atoms with E-state index in [0.29, 0.717) is 24.5 Å². The molecule has 2 aliphatic heterocycles. The quantitative estimate of drug-likeness (QED) is 0.793. The van der Waals surface area contributed by atoms with E-state index in [1.54, 1.807) is 0 Å². The van der Waals surface area contributed by atoms with Gasteiger partial charge in [0.2, 0.25) is 11.8 Å². The van der Waals surface area contributed by atoms with Crippen molar-refractivity contribution < 1.29 is 9.59 Å². The molecule has 3 fully saturated rings. The van der Waals surface area contributed by atoms with Gasteiger partial charge in [-0.3, -0.25) is 14.5 Å². The van der Waals surface area contributed by atoms with Crippen LogP contribution in [0.3, 0.4) is 0 Å². The minimum atomic E-state index is -0.138. The molecule has 1 aliphatic carbocycles. The zero-order valence-corrected chi connectivity index (χ0v) is 15.8. The highest BCUT2D eigenvalue weighted by Gasteiger charge is 2.41. The van der Waals surface area contributed by atoms with Gasteiger partial charge < -0.3 is 9.80 Å². The molecule has 2 amide bonds. The maximum absolute atomic E-state index is 12.9. The summed E-state index contributed by atoms with van der Waals surface area (Å²) in [5, 5.41) is 0. The van der Waals surface area contributed by atoms with Gasteiger partial charge in [-0.05, 0) is 59.8 Å². The fourth-order valence-corrected chi connectivity index (χ4v) is 4.42. The van der Waals surface area contributed by atoms with Gasteiger partial charge in [-0.25, -0.2) is 0 Å². The monoisotopic (exact) mass is 335 g/mol. The summed E-state index contributed by atoms with van der Waals surface area (Å²) in [5.74, 6) is 0.862. The molecule has 1 saturated carbocycles. The van der Waals surface area contributed by atoms with Crippen LogP contribution in [0.2, 0.25) is 0 Å². The van der Waals surface area contributed by atoms with Crippen LogP contribution in [0.25, 0.3) is 0 Å². The molecule has 3 rings (SSSR count). The van der Waals surface area contributed by atoms with Crippen molar-refractivity contribution >= 4 is 11.8 Å². The molecule has 24 heavy (non-hydrogen) atoms. The van der Waals surface area contributed by atoms with Crippen molar-refractivity contribution in [1.82, 2.24) is 14.7 Å². The zero-order valence-electron chi connectivity index (χ0n) is 15.8. The Balaban J connectivity index is 1.60. The van der Waals surface area contributed by atoms with E-state index in [9.17, 15) is 9.59 Å². The Morgan fingerprint density at radius 3 is 2.17 bits per heavy atom. The van der Waals surface area contributed by atoms with Crippen LogP contribution < -0.4 is 0 Å². The first-order chi connectivity index (χ1) is 11.3. The lowest BCUT2D eigenvalue weighted by atomic mass is 9.96. The van der Waals surface area contributed by atoms with Crippen molar-refractivity contribution in [3.8, 4) is 0 Å². The molecular formula is C19H33N3O2. The summed E-state index contributed by atoms with van der Waals surface area (Å²) in [7, 11) is 0. The second-order valence-electron chi connectivity index (χ2n) is 8.70. The summed E-state index contributed by atoms with van der Waals surface area (Å²) in [5.41, 5.74) is -0.138. The maximum Gasteiger partial charge on any atom is 0.237 e. The van der Waals surface area contributed by atoms with Crippen LogP contribution in [0.5, 0.6) is 0 Å². The third kappa shape index (κ3) is 3.61. The number of hydrogen-bond donors (Lipinski definition) is 0. The Morgan fingerprint density at radius 2 is 1.62 bits per heavy atom. The van der Waals surface area contributed by atoms with Crippen LogP contribution in [0.4, 0.5) is 0 Å². The number of rotatable bonds is 3. The lowest BCUT2D eigenvalue weighted by Gasteiger charge is -2.48. The third-order valence-electron chi connectivity index (χ3n) is 6.12. The zero-order chi connectivity index (χ0) is 17.5. The first-order valence-corrected chi connectivity index (χ1v) is 9.64. The smallest absolute Gasteiger partial charge is 0.237 e. The molecule has 136 valence electrons. The predicted molar refractivity (Wildman–Crippen MR) is 94.6 cm³/mol. The second kappa shape index (κ2) is 6.66. The number of amides is 2. The Hall–Kier alpha value is -1.10. The highest BCUT2D eigenvalue weighted by molar-refractivity contribution is 5.81. The molecule has 0 aromatic heterocycles. The van der Waals surface area contributed by atoms with E-state index in [-0.39, 0.29) is 17.4 Å². The summed E-state index contributed by atoms with van der Waals surface area (Å²) in [6.45, 7) is 11.4. The lowest BCUT2D eigenvalue weighted by Crippen LogP contribution is -2.63. The number of piperidine rings is 1. The molecule has 0 aromatic rings. The summed E-state index contributed by atoms with van der Waals surface area (Å²) in [4.78, 5) is 31.6. The summed E-state index contributed by atoms with van der Waals surface area (Å²) in [6, 6.07) is 0.698. The van der Waals surface area contributed by atoms with Gasteiger partial charge in [0.05, 0.1) is 6.54 Å². The average molecular weight is 335 g/mol. The lowest BCUT2D eigenvalue weighted by molar-refractivity contribution is -0.144. The molecule has 0 aromatic carbocycles. The Labute approximate surface area is 146 Å². The minimum absolute atomic E-state index is 0.138. The van der Waals surface area contributed by atoms with Gasteiger partial charge >= 0.3 is 0 Å². The van der Waals surface area contributed by atoms with Gasteiger partial charge in [0.15, 0.2) is 0 Å². The number of carbonyl (C=O) groups is 2. The van der Waals surface area contributed by atoms with Crippen LogP contribution in [0.15, 0.2) is 0 Å². The molecule has 3 aliphatic rings. The van der Waals surface area contributed by atoms with Crippen LogP contribution in [-0.2, 0) is 9.59 Å². The van der Waals surface area contributed by atoms with Crippen molar-refractivity contribution in [2.75, 3.05) is 26.2 Å². The number of piperazine rings is 1. The second-order valence-corrected chi connectivity index (χ2v) is 8.70. The van der Waals surface area contributed by atoms with Crippen LogP contribution in [-0.4, -0.2) is 70.3 Å². The summed E-state index contributed by atoms with van der Waals surface area (Å²) >= 11 is 0. The molecule has 2 saturated heterocycles. The van der Waals surface area contributed by atoms with E-state index in [4.69, 9.17) is 0 Å². The van der Waals surface area contributed by atoms with Crippen molar-refractivity contribution in [2.45, 2.75) is 77.4 Å². The van der Waals surface area contributed by atoms with Gasteiger partial charge in [-0.15, -0.1) is 0 Å². The first-order valence-electron chi connectivity index (χ1n) is 9.64. The van der Waals surface area contributed by atoms with E-state index in [0.717, 1.165) is 45.3 Å². The summed E-state index contributed by atoms with van der Waals surface area (Å²) in [6.07, 6.45) is 5.57. The largest absolute Gasteiger partial charge is 0.339 e. The van der Waals surface area contributed by atoms with Gasteiger partial charge in [0.1, 0.15) is 0 Å². The van der Waals surface area contributed by atoms with Gasteiger partial charge in [-0.1, -0.05) is 0 Å². The fraction of sp³-hybridized carbons (Fsp3) is 0.895. The molecule has 0 bridgehead atoms. The number of carbonyl (C=O) groups excluding carboxylic acids is 2. The van der Waals surface area contributed by atoms with E-state index in [2.05, 4.69) is 37.5 Å². The average Bonchev–Trinajstić information content (AvgIpc) is 3.32. The number of likely N-dealkylation sites (tertiary alicyclic amines) is 1. The van der Waals surface area contributed by atoms with E-state index in [1.165, 1.54) is 6.42 Å². The molecule has 0 N–H and O–H groups in total. The molecule has 2 heterocycles. The molecular weight excluding hydrogens is 302 g/mol. The first kappa shape index (κ1) is 17.7. The molecule has 0 radical (unpaired) electrons. The van der Waals surface area contributed by atoms with Crippen molar-refractivity contribution in [3.05, 3.63) is 0 Å². The van der Waals surface area contributed by atoms with Crippen molar-refractivity contribution in [2.24, 2.45) is 5.92 Å². The van der Waals surface area contributed by atoms with Crippen molar-refractivity contribution in [1.29, 1.82) is 0 Å². The molecule has 2 atom stereocenters. The van der Waals surface area contributed by atoms with E-state index >= 15 is 0 Å². The van der Waals surface area contributed by atoms with E-state index < -0.39 is 0 Å². The molecule has 0 spiro atoms. The molecule has 5 nitrogen and oxygen atoms in total. The van der Waals surface area contributed by atoms with E-state index in [1.807, 2.05) is 4.90 Å². The maximum atomic E-state index is 12.9. The minimum Gasteiger partial charge on any atom is -0.339 e.